The molecular weight excluding hydrogens is 252 g/mol. The number of hydrogen-bond acceptors (Lipinski definition) is 4. The number of nitrogens with one attached hydrogen (secondary N) is 1. The summed E-state index contributed by atoms with van der Waals surface area (Å²) in [4.78, 5) is 2.40. The number of nitrogens with zero attached hydrogens (tertiary/aromatic N) is 1. The van der Waals surface area contributed by atoms with E-state index in [4.69, 9.17) is 4.74 Å². The number of rotatable bonds is 8. The molecule has 0 aromatic heterocycles. The van der Waals surface area contributed by atoms with Gasteiger partial charge in [0.2, 0.25) is 0 Å². The van der Waals surface area contributed by atoms with Crippen LogP contribution in [0.4, 0.5) is 0 Å². The van der Waals surface area contributed by atoms with E-state index in [0.717, 1.165) is 26.0 Å². The van der Waals surface area contributed by atoms with Crippen molar-refractivity contribution in [3.8, 4) is 0 Å². The Labute approximate surface area is 124 Å². The van der Waals surface area contributed by atoms with Crippen molar-refractivity contribution in [2.75, 3.05) is 26.8 Å². The smallest absolute Gasteiger partial charge is 0.0613 e. The molecule has 2 N–H and O–H groups in total. The Hall–Kier alpha value is -0.160. The topological polar surface area (TPSA) is 44.7 Å². The van der Waals surface area contributed by atoms with Gasteiger partial charge in [0.1, 0.15) is 0 Å². The van der Waals surface area contributed by atoms with Gasteiger partial charge in [0.25, 0.3) is 0 Å². The molecule has 1 fully saturated rings. The molecule has 1 aliphatic rings. The minimum atomic E-state index is -0.0930. The molecule has 0 radical (unpaired) electrons. The van der Waals surface area contributed by atoms with Gasteiger partial charge in [-0.2, -0.15) is 0 Å². The molecule has 120 valence electrons. The molecule has 0 bridgehead atoms. The van der Waals surface area contributed by atoms with Crippen molar-refractivity contribution in [3.63, 3.8) is 0 Å². The number of aliphatic hydroxyl groups excluding tert-OH is 1. The van der Waals surface area contributed by atoms with Crippen LogP contribution < -0.4 is 5.32 Å². The summed E-state index contributed by atoms with van der Waals surface area (Å²) in [5.41, 5.74) is -0.0930. The first kappa shape index (κ1) is 17.9. The third-order valence-electron chi connectivity index (χ3n) is 4.24. The van der Waals surface area contributed by atoms with Crippen molar-refractivity contribution < 1.29 is 9.84 Å². The van der Waals surface area contributed by atoms with Crippen LogP contribution in [0.5, 0.6) is 0 Å². The normalized spacial score (nSPS) is 27.8. The standard InChI is InChI=1S/C16H34N2O2/c1-13(2)17-16(12-19)8-6-7-15(11-16)18(5)9-10-20-14(3)4/h13-15,17,19H,6-12H2,1-5H3. The summed E-state index contributed by atoms with van der Waals surface area (Å²) >= 11 is 0. The van der Waals surface area contributed by atoms with Gasteiger partial charge in [-0.05, 0) is 46.6 Å². The van der Waals surface area contributed by atoms with Crippen molar-refractivity contribution in [1.82, 2.24) is 10.2 Å². The SMILES string of the molecule is CC(C)NC1(CO)CCCC(N(C)CCOC(C)C)C1. The van der Waals surface area contributed by atoms with E-state index in [1.807, 2.05) is 0 Å². The van der Waals surface area contributed by atoms with Gasteiger partial charge in [-0.1, -0.05) is 13.8 Å². The highest BCUT2D eigenvalue weighted by Gasteiger charge is 2.37. The first-order valence-corrected chi connectivity index (χ1v) is 8.09. The van der Waals surface area contributed by atoms with Crippen LogP contribution in [-0.4, -0.2) is 60.5 Å². The van der Waals surface area contributed by atoms with E-state index in [1.165, 1.54) is 12.8 Å². The van der Waals surface area contributed by atoms with Gasteiger partial charge >= 0.3 is 0 Å². The van der Waals surface area contributed by atoms with E-state index in [2.05, 4.69) is 45.0 Å². The van der Waals surface area contributed by atoms with Crippen molar-refractivity contribution in [2.45, 2.75) is 77.1 Å². The largest absolute Gasteiger partial charge is 0.394 e. The first-order chi connectivity index (χ1) is 9.38. The molecule has 0 amide bonds. The summed E-state index contributed by atoms with van der Waals surface area (Å²) in [5.74, 6) is 0. The third kappa shape index (κ3) is 5.68. The zero-order valence-electron chi connectivity index (χ0n) is 14.0. The van der Waals surface area contributed by atoms with Gasteiger partial charge < -0.3 is 20.1 Å². The van der Waals surface area contributed by atoms with Crippen LogP contribution in [0.3, 0.4) is 0 Å². The molecular formula is C16H34N2O2. The molecule has 4 nitrogen and oxygen atoms in total. The first-order valence-electron chi connectivity index (χ1n) is 8.09. The zero-order chi connectivity index (χ0) is 15.2. The highest BCUT2D eigenvalue weighted by atomic mass is 16.5. The highest BCUT2D eigenvalue weighted by Crippen LogP contribution is 2.31. The number of ether oxygens (including phenoxy) is 1. The maximum absolute atomic E-state index is 9.83. The summed E-state index contributed by atoms with van der Waals surface area (Å²) < 4.78 is 5.64. The van der Waals surface area contributed by atoms with Gasteiger partial charge in [-0.25, -0.2) is 0 Å². The fourth-order valence-corrected chi connectivity index (χ4v) is 3.26. The molecule has 1 rings (SSSR count). The molecule has 2 unspecified atom stereocenters. The average Bonchev–Trinajstić information content (AvgIpc) is 2.37. The highest BCUT2D eigenvalue weighted by molar-refractivity contribution is 4.96. The van der Waals surface area contributed by atoms with Crippen molar-refractivity contribution in [3.05, 3.63) is 0 Å². The lowest BCUT2D eigenvalue weighted by Gasteiger charge is -2.44. The van der Waals surface area contributed by atoms with Gasteiger partial charge in [0.15, 0.2) is 0 Å². The second-order valence-electron chi connectivity index (χ2n) is 6.89. The van der Waals surface area contributed by atoms with Crippen LogP contribution in [0.25, 0.3) is 0 Å². The van der Waals surface area contributed by atoms with Gasteiger partial charge in [-0.3, -0.25) is 0 Å². The summed E-state index contributed by atoms with van der Waals surface area (Å²) in [7, 11) is 2.18. The molecule has 0 saturated heterocycles. The Bertz CT molecular complexity index is 271. The minimum Gasteiger partial charge on any atom is -0.394 e. The predicted molar refractivity (Wildman–Crippen MR) is 84.1 cm³/mol. The molecule has 0 heterocycles. The van der Waals surface area contributed by atoms with Crippen LogP contribution in [-0.2, 0) is 4.74 Å². The number of aliphatic hydroxyl groups is 1. The van der Waals surface area contributed by atoms with E-state index < -0.39 is 0 Å². The lowest BCUT2D eigenvalue weighted by molar-refractivity contribution is 0.0308. The second-order valence-corrected chi connectivity index (χ2v) is 6.89. The Morgan fingerprint density at radius 2 is 2.05 bits per heavy atom. The second kappa shape index (κ2) is 8.32. The van der Waals surface area contributed by atoms with Crippen LogP contribution in [0.2, 0.25) is 0 Å². The molecule has 1 saturated carbocycles. The summed E-state index contributed by atoms with van der Waals surface area (Å²) in [5, 5.41) is 13.4. The van der Waals surface area contributed by atoms with Crippen molar-refractivity contribution in [2.24, 2.45) is 0 Å². The van der Waals surface area contributed by atoms with Crippen LogP contribution in [0, 0.1) is 0 Å². The fourth-order valence-electron chi connectivity index (χ4n) is 3.26. The molecule has 0 aromatic carbocycles. The molecule has 4 heteroatoms. The quantitative estimate of drug-likeness (QED) is 0.716. The molecule has 20 heavy (non-hydrogen) atoms. The summed E-state index contributed by atoms with van der Waals surface area (Å²) in [6.45, 7) is 10.4. The van der Waals surface area contributed by atoms with E-state index in [1.54, 1.807) is 0 Å². The maximum Gasteiger partial charge on any atom is 0.0613 e. The monoisotopic (exact) mass is 286 g/mol. The number of hydrogen-bond donors (Lipinski definition) is 2. The number of likely N-dealkylation sites (N-methyl/N-ethyl adjacent to an activating group) is 1. The molecule has 0 aliphatic heterocycles. The van der Waals surface area contributed by atoms with E-state index >= 15 is 0 Å². The maximum atomic E-state index is 9.83. The Kier molecular flexibility index (Phi) is 7.45. The van der Waals surface area contributed by atoms with Crippen molar-refractivity contribution >= 4 is 0 Å². The average molecular weight is 286 g/mol. The zero-order valence-corrected chi connectivity index (χ0v) is 14.0. The lowest BCUT2D eigenvalue weighted by atomic mass is 9.78. The Morgan fingerprint density at radius 1 is 1.35 bits per heavy atom. The third-order valence-corrected chi connectivity index (χ3v) is 4.24. The Morgan fingerprint density at radius 3 is 2.60 bits per heavy atom. The van der Waals surface area contributed by atoms with Gasteiger partial charge in [0.05, 0.1) is 19.3 Å². The van der Waals surface area contributed by atoms with Gasteiger partial charge in [-0.15, -0.1) is 0 Å². The van der Waals surface area contributed by atoms with E-state index in [9.17, 15) is 5.11 Å². The summed E-state index contributed by atoms with van der Waals surface area (Å²) in [6.07, 6.45) is 4.81. The molecule has 2 atom stereocenters. The van der Waals surface area contributed by atoms with Gasteiger partial charge in [0, 0.05) is 24.2 Å². The Balaban J connectivity index is 2.49. The van der Waals surface area contributed by atoms with Crippen LogP contribution in [0.1, 0.15) is 53.4 Å². The van der Waals surface area contributed by atoms with Crippen molar-refractivity contribution in [1.29, 1.82) is 0 Å². The molecule has 1 aliphatic carbocycles. The lowest BCUT2D eigenvalue weighted by Crippen LogP contribution is -2.57. The summed E-state index contributed by atoms with van der Waals surface area (Å²) in [6, 6.07) is 0.952. The molecule has 0 aromatic rings. The van der Waals surface area contributed by atoms with Crippen LogP contribution >= 0.6 is 0 Å². The van der Waals surface area contributed by atoms with E-state index in [0.29, 0.717) is 18.2 Å². The fraction of sp³-hybridized carbons (Fsp3) is 1.00. The van der Waals surface area contributed by atoms with Crippen LogP contribution in [0.15, 0.2) is 0 Å². The predicted octanol–water partition coefficient (Wildman–Crippen LogP) is 2.01. The minimum absolute atomic E-state index is 0.0930. The molecule has 0 spiro atoms. The van der Waals surface area contributed by atoms with E-state index in [-0.39, 0.29) is 12.1 Å².